The van der Waals surface area contributed by atoms with Crippen LogP contribution in [0.25, 0.3) is 0 Å². The minimum atomic E-state index is -0.222. The zero-order valence-electron chi connectivity index (χ0n) is 12.9. The van der Waals surface area contributed by atoms with Gasteiger partial charge in [-0.15, -0.1) is 0 Å². The molecule has 1 atom stereocenters. The SMILES string of the molecule is CCOC(=O)C(CN(C)CCc1ccncc1)NC1CC1. The number of nitrogens with one attached hydrogen (secondary N) is 1. The summed E-state index contributed by atoms with van der Waals surface area (Å²) in [4.78, 5) is 18.2. The van der Waals surface area contributed by atoms with Crippen LogP contribution in [-0.4, -0.2) is 54.7 Å². The van der Waals surface area contributed by atoms with Gasteiger partial charge in [-0.25, -0.2) is 0 Å². The second-order valence-corrected chi connectivity index (χ2v) is 5.61. The van der Waals surface area contributed by atoms with Crippen LogP contribution in [0.1, 0.15) is 25.3 Å². The third-order valence-corrected chi connectivity index (χ3v) is 3.61. The summed E-state index contributed by atoms with van der Waals surface area (Å²) in [7, 11) is 2.04. The maximum Gasteiger partial charge on any atom is 0.324 e. The molecule has 1 unspecified atom stereocenters. The summed E-state index contributed by atoms with van der Waals surface area (Å²) in [5.74, 6) is -0.139. The number of likely N-dealkylation sites (N-methyl/N-ethyl adjacent to an activating group) is 1. The van der Waals surface area contributed by atoms with Crippen molar-refractivity contribution in [1.29, 1.82) is 0 Å². The van der Waals surface area contributed by atoms with Gasteiger partial charge in [-0.2, -0.15) is 0 Å². The van der Waals surface area contributed by atoms with Crippen LogP contribution in [0.3, 0.4) is 0 Å². The van der Waals surface area contributed by atoms with Gasteiger partial charge < -0.3 is 15.0 Å². The van der Waals surface area contributed by atoms with Gasteiger partial charge in [0, 0.05) is 31.5 Å². The molecule has 0 spiro atoms. The third-order valence-electron chi connectivity index (χ3n) is 3.61. The number of aromatic nitrogens is 1. The van der Waals surface area contributed by atoms with E-state index in [1.54, 1.807) is 0 Å². The second kappa shape index (κ2) is 8.10. The summed E-state index contributed by atoms with van der Waals surface area (Å²) in [5, 5.41) is 3.38. The summed E-state index contributed by atoms with van der Waals surface area (Å²) in [6.45, 7) is 3.87. The largest absolute Gasteiger partial charge is 0.465 e. The molecule has 0 bridgehead atoms. The van der Waals surface area contributed by atoms with Gasteiger partial charge in [0.15, 0.2) is 0 Å². The number of pyridine rings is 1. The number of hydrogen-bond donors (Lipinski definition) is 1. The molecule has 0 amide bonds. The molecule has 1 heterocycles. The molecule has 0 saturated heterocycles. The molecule has 1 saturated carbocycles. The van der Waals surface area contributed by atoms with Crippen molar-refractivity contribution in [3.8, 4) is 0 Å². The van der Waals surface area contributed by atoms with Crippen LogP contribution >= 0.6 is 0 Å². The van der Waals surface area contributed by atoms with Gasteiger partial charge in [0.05, 0.1) is 6.61 Å². The van der Waals surface area contributed by atoms with E-state index in [-0.39, 0.29) is 12.0 Å². The summed E-state index contributed by atoms with van der Waals surface area (Å²) in [6, 6.07) is 4.33. The predicted molar refractivity (Wildman–Crippen MR) is 82.0 cm³/mol. The number of ether oxygens (including phenoxy) is 1. The third kappa shape index (κ3) is 5.81. The van der Waals surface area contributed by atoms with E-state index in [4.69, 9.17) is 4.74 Å². The number of nitrogens with zero attached hydrogens (tertiary/aromatic N) is 2. The van der Waals surface area contributed by atoms with Gasteiger partial charge in [-0.3, -0.25) is 9.78 Å². The lowest BCUT2D eigenvalue weighted by Gasteiger charge is -2.23. The lowest BCUT2D eigenvalue weighted by molar-refractivity contribution is -0.146. The summed E-state index contributed by atoms with van der Waals surface area (Å²) < 4.78 is 5.16. The van der Waals surface area contributed by atoms with Gasteiger partial charge in [0.25, 0.3) is 0 Å². The predicted octanol–water partition coefficient (Wildman–Crippen LogP) is 1.24. The Balaban J connectivity index is 1.79. The van der Waals surface area contributed by atoms with Crippen LogP contribution in [0.15, 0.2) is 24.5 Å². The zero-order valence-corrected chi connectivity index (χ0v) is 12.9. The van der Waals surface area contributed by atoms with Gasteiger partial charge >= 0.3 is 5.97 Å². The zero-order chi connectivity index (χ0) is 15.1. The van der Waals surface area contributed by atoms with Crippen molar-refractivity contribution in [1.82, 2.24) is 15.2 Å². The number of hydrogen-bond acceptors (Lipinski definition) is 5. The Kier molecular flexibility index (Phi) is 6.14. The number of carbonyl (C=O) groups is 1. The van der Waals surface area contributed by atoms with E-state index in [1.807, 2.05) is 38.5 Å². The van der Waals surface area contributed by atoms with E-state index in [9.17, 15) is 4.79 Å². The quantitative estimate of drug-likeness (QED) is 0.694. The van der Waals surface area contributed by atoms with E-state index < -0.39 is 0 Å². The minimum Gasteiger partial charge on any atom is -0.465 e. The van der Waals surface area contributed by atoms with Crippen LogP contribution in [0, 0.1) is 0 Å². The average Bonchev–Trinajstić information content (AvgIpc) is 3.30. The van der Waals surface area contributed by atoms with Crippen molar-refractivity contribution in [3.05, 3.63) is 30.1 Å². The molecule has 116 valence electrons. The van der Waals surface area contributed by atoms with E-state index in [1.165, 1.54) is 5.56 Å². The molecular weight excluding hydrogens is 266 g/mol. The van der Waals surface area contributed by atoms with Gasteiger partial charge in [0.2, 0.25) is 0 Å². The monoisotopic (exact) mass is 291 g/mol. The Bertz CT molecular complexity index is 434. The Morgan fingerprint density at radius 1 is 1.48 bits per heavy atom. The van der Waals surface area contributed by atoms with Crippen LogP contribution in [0.5, 0.6) is 0 Å². The highest BCUT2D eigenvalue weighted by Gasteiger charge is 2.29. The van der Waals surface area contributed by atoms with Gasteiger partial charge in [-0.05, 0) is 50.9 Å². The standard InChI is InChI=1S/C16H25N3O2/c1-3-21-16(20)15(18-14-4-5-14)12-19(2)11-8-13-6-9-17-10-7-13/h6-7,9-10,14-15,18H,3-5,8,11-12H2,1-2H3. The van der Waals surface area contributed by atoms with E-state index in [2.05, 4.69) is 15.2 Å². The highest BCUT2D eigenvalue weighted by atomic mass is 16.5. The highest BCUT2D eigenvalue weighted by molar-refractivity contribution is 5.76. The Morgan fingerprint density at radius 2 is 2.19 bits per heavy atom. The van der Waals surface area contributed by atoms with Crippen molar-refractivity contribution >= 4 is 5.97 Å². The fourth-order valence-electron chi connectivity index (χ4n) is 2.25. The lowest BCUT2D eigenvalue weighted by Crippen LogP contribution is -2.47. The molecule has 2 rings (SSSR count). The van der Waals surface area contributed by atoms with Gasteiger partial charge in [0.1, 0.15) is 6.04 Å². The van der Waals surface area contributed by atoms with Crippen molar-refractivity contribution < 1.29 is 9.53 Å². The van der Waals surface area contributed by atoms with Crippen LogP contribution in [-0.2, 0) is 16.0 Å². The topological polar surface area (TPSA) is 54.5 Å². The summed E-state index contributed by atoms with van der Waals surface area (Å²) in [5.41, 5.74) is 1.26. The molecule has 1 aromatic rings. The maximum absolute atomic E-state index is 12.0. The molecule has 1 aliphatic rings. The molecule has 0 aliphatic heterocycles. The number of rotatable bonds is 9. The molecule has 0 aromatic carbocycles. The highest BCUT2D eigenvalue weighted by Crippen LogP contribution is 2.19. The fourth-order valence-corrected chi connectivity index (χ4v) is 2.25. The van der Waals surface area contributed by atoms with Crippen LogP contribution in [0.2, 0.25) is 0 Å². The lowest BCUT2D eigenvalue weighted by atomic mass is 10.2. The van der Waals surface area contributed by atoms with Crippen molar-refractivity contribution in [2.45, 2.75) is 38.3 Å². The molecule has 1 N–H and O–H groups in total. The number of esters is 1. The van der Waals surface area contributed by atoms with Crippen molar-refractivity contribution in [3.63, 3.8) is 0 Å². The first-order valence-corrected chi connectivity index (χ1v) is 7.69. The van der Waals surface area contributed by atoms with Gasteiger partial charge in [-0.1, -0.05) is 0 Å². The molecule has 0 radical (unpaired) electrons. The molecule has 1 aliphatic carbocycles. The molecule has 1 aromatic heterocycles. The smallest absolute Gasteiger partial charge is 0.324 e. The Morgan fingerprint density at radius 3 is 2.81 bits per heavy atom. The first kappa shape index (κ1) is 15.9. The van der Waals surface area contributed by atoms with Crippen LogP contribution in [0.4, 0.5) is 0 Å². The molecule has 1 fully saturated rings. The van der Waals surface area contributed by atoms with E-state index >= 15 is 0 Å². The Labute approximate surface area is 126 Å². The average molecular weight is 291 g/mol. The Hall–Kier alpha value is -1.46. The van der Waals surface area contributed by atoms with E-state index in [0.717, 1.165) is 25.8 Å². The van der Waals surface area contributed by atoms with E-state index in [0.29, 0.717) is 19.2 Å². The van der Waals surface area contributed by atoms with Crippen molar-refractivity contribution in [2.75, 3.05) is 26.7 Å². The normalized spacial score (nSPS) is 16.0. The summed E-state index contributed by atoms with van der Waals surface area (Å²) >= 11 is 0. The fraction of sp³-hybridized carbons (Fsp3) is 0.625. The number of carbonyl (C=O) groups excluding carboxylic acids is 1. The van der Waals surface area contributed by atoms with Crippen LogP contribution < -0.4 is 5.32 Å². The first-order valence-electron chi connectivity index (χ1n) is 7.69. The molecule has 5 nitrogen and oxygen atoms in total. The maximum atomic E-state index is 12.0. The molecule has 5 heteroatoms. The minimum absolute atomic E-state index is 0.139. The first-order chi connectivity index (χ1) is 10.2. The second-order valence-electron chi connectivity index (χ2n) is 5.61. The summed E-state index contributed by atoms with van der Waals surface area (Å²) in [6.07, 6.45) is 6.90. The van der Waals surface area contributed by atoms with Crippen molar-refractivity contribution in [2.24, 2.45) is 0 Å². The molecular formula is C16H25N3O2. The molecule has 21 heavy (non-hydrogen) atoms.